The summed E-state index contributed by atoms with van der Waals surface area (Å²) in [5, 5.41) is 18.0. The lowest BCUT2D eigenvalue weighted by molar-refractivity contribution is -0.131. The minimum atomic E-state index is -3.55. The first-order valence-electron chi connectivity index (χ1n) is 6.59. The summed E-state index contributed by atoms with van der Waals surface area (Å²) in [7, 11) is -3.55. The Morgan fingerprint density at radius 1 is 1.19 bits per heavy atom. The van der Waals surface area contributed by atoms with Crippen LogP contribution in [0.4, 0.5) is 0 Å². The summed E-state index contributed by atoms with van der Waals surface area (Å²) in [6.07, 6.45) is 2.85. The number of aliphatic hydroxyl groups excluding tert-OH is 1. The predicted molar refractivity (Wildman–Crippen MR) is 77.1 cm³/mol. The molecular formula is C14H17NO5S. The van der Waals surface area contributed by atoms with Crippen molar-refractivity contribution >= 4 is 22.1 Å². The Morgan fingerprint density at radius 3 is 2.29 bits per heavy atom. The fourth-order valence-corrected chi connectivity index (χ4v) is 3.62. The Bertz CT molecular complexity index is 628. The molecule has 0 unspecified atom stereocenters. The molecule has 2 N–H and O–H groups in total. The van der Waals surface area contributed by atoms with Crippen molar-refractivity contribution in [1.29, 1.82) is 0 Å². The van der Waals surface area contributed by atoms with Gasteiger partial charge >= 0.3 is 5.97 Å². The van der Waals surface area contributed by atoms with Crippen molar-refractivity contribution in [2.24, 2.45) is 0 Å². The second kappa shape index (κ2) is 6.38. The zero-order chi connectivity index (χ0) is 15.5. The second-order valence-corrected chi connectivity index (χ2v) is 6.81. The van der Waals surface area contributed by atoms with Crippen LogP contribution >= 0.6 is 0 Å². The van der Waals surface area contributed by atoms with Crippen LogP contribution in [0.5, 0.6) is 0 Å². The molecule has 0 bridgehead atoms. The van der Waals surface area contributed by atoms with E-state index in [-0.39, 0.29) is 4.90 Å². The van der Waals surface area contributed by atoms with Gasteiger partial charge in [-0.05, 0) is 36.6 Å². The molecule has 21 heavy (non-hydrogen) atoms. The maximum absolute atomic E-state index is 12.4. The number of hydrogen-bond acceptors (Lipinski definition) is 4. The number of aliphatic hydroxyl groups is 1. The highest BCUT2D eigenvalue weighted by Gasteiger charge is 2.28. The van der Waals surface area contributed by atoms with E-state index in [2.05, 4.69) is 0 Å². The van der Waals surface area contributed by atoms with Gasteiger partial charge in [0.05, 0.1) is 11.0 Å². The van der Waals surface area contributed by atoms with E-state index in [1.54, 1.807) is 12.1 Å². The summed E-state index contributed by atoms with van der Waals surface area (Å²) < 4.78 is 26.2. The monoisotopic (exact) mass is 311 g/mol. The summed E-state index contributed by atoms with van der Waals surface area (Å²) in [6.45, 7) is 0.619. The molecule has 0 saturated carbocycles. The number of piperidine rings is 1. The molecule has 6 nitrogen and oxygen atoms in total. The molecule has 1 saturated heterocycles. The van der Waals surface area contributed by atoms with Crippen LogP contribution in [0, 0.1) is 0 Å². The number of hydrogen-bond donors (Lipinski definition) is 2. The van der Waals surface area contributed by atoms with E-state index in [0.29, 0.717) is 31.5 Å². The van der Waals surface area contributed by atoms with E-state index in [1.165, 1.54) is 22.5 Å². The van der Waals surface area contributed by atoms with E-state index in [4.69, 9.17) is 5.11 Å². The van der Waals surface area contributed by atoms with Gasteiger partial charge in [0, 0.05) is 19.2 Å². The predicted octanol–water partition coefficient (Wildman–Crippen LogP) is 0.930. The molecule has 0 spiro atoms. The van der Waals surface area contributed by atoms with Crippen LogP contribution in [0.25, 0.3) is 6.08 Å². The summed E-state index contributed by atoms with van der Waals surface area (Å²) in [4.78, 5) is 10.6. The number of carboxylic acids is 1. The highest BCUT2D eigenvalue weighted by molar-refractivity contribution is 7.89. The molecule has 0 amide bonds. The van der Waals surface area contributed by atoms with Crippen molar-refractivity contribution in [2.45, 2.75) is 23.8 Å². The number of benzene rings is 1. The van der Waals surface area contributed by atoms with Gasteiger partial charge in [-0.1, -0.05) is 12.1 Å². The highest BCUT2D eigenvalue weighted by Crippen LogP contribution is 2.21. The molecule has 7 heteroatoms. The molecule has 2 rings (SSSR count). The Hall–Kier alpha value is -1.70. The van der Waals surface area contributed by atoms with Crippen LogP contribution in [0.2, 0.25) is 0 Å². The van der Waals surface area contributed by atoms with Crippen molar-refractivity contribution < 1.29 is 23.4 Å². The van der Waals surface area contributed by atoms with E-state index in [9.17, 15) is 18.3 Å². The third kappa shape index (κ3) is 3.90. The van der Waals surface area contributed by atoms with Gasteiger partial charge < -0.3 is 10.2 Å². The minimum Gasteiger partial charge on any atom is -0.478 e. The molecule has 1 aromatic rings. The van der Waals surface area contributed by atoms with Crippen LogP contribution in [0.1, 0.15) is 18.4 Å². The number of sulfonamides is 1. The van der Waals surface area contributed by atoms with Gasteiger partial charge in [-0.3, -0.25) is 0 Å². The fourth-order valence-electron chi connectivity index (χ4n) is 2.15. The second-order valence-electron chi connectivity index (χ2n) is 4.88. The normalized spacial score (nSPS) is 18.1. The molecule has 1 fully saturated rings. The number of carboxylic acid groups (broad SMARTS) is 1. The van der Waals surface area contributed by atoms with E-state index in [0.717, 1.165) is 6.08 Å². The summed E-state index contributed by atoms with van der Waals surface area (Å²) >= 11 is 0. The van der Waals surface area contributed by atoms with Crippen LogP contribution in [0.15, 0.2) is 35.2 Å². The first-order valence-corrected chi connectivity index (χ1v) is 8.03. The maximum Gasteiger partial charge on any atom is 0.328 e. The summed E-state index contributed by atoms with van der Waals surface area (Å²) in [5.74, 6) is -1.06. The standard InChI is InChI=1S/C14H17NO5S/c16-12-7-9-15(10-8-12)21(19,20)13-4-1-11(2-5-13)3-6-14(17)18/h1-6,12,16H,7-10H2,(H,17,18)/b6-3+. The Labute approximate surface area is 123 Å². The molecule has 114 valence electrons. The average molecular weight is 311 g/mol. The number of aliphatic carboxylic acids is 1. The summed E-state index contributed by atoms with van der Waals surface area (Å²) in [6, 6.07) is 6.04. The first kappa shape index (κ1) is 15.7. The van der Waals surface area contributed by atoms with Gasteiger partial charge in [-0.15, -0.1) is 0 Å². The quantitative estimate of drug-likeness (QED) is 0.807. The van der Waals surface area contributed by atoms with E-state index in [1.807, 2.05) is 0 Å². The largest absolute Gasteiger partial charge is 0.478 e. The third-order valence-corrected chi connectivity index (χ3v) is 5.27. The molecule has 1 aliphatic heterocycles. The lowest BCUT2D eigenvalue weighted by Gasteiger charge is -2.28. The van der Waals surface area contributed by atoms with Gasteiger partial charge in [0.1, 0.15) is 0 Å². The molecular weight excluding hydrogens is 294 g/mol. The molecule has 1 aliphatic rings. The Balaban J connectivity index is 2.15. The molecule has 0 atom stereocenters. The van der Waals surface area contributed by atoms with Crippen LogP contribution < -0.4 is 0 Å². The fraction of sp³-hybridized carbons (Fsp3) is 0.357. The van der Waals surface area contributed by atoms with Gasteiger partial charge in [-0.25, -0.2) is 13.2 Å². The summed E-state index contributed by atoms with van der Waals surface area (Å²) in [5.41, 5.74) is 0.616. The van der Waals surface area contributed by atoms with Gasteiger partial charge in [-0.2, -0.15) is 4.31 Å². The maximum atomic E-state index is 12.4. The number of nitrogens with zero attached hydrogens (tertiary/aromatic N) is 1. The lowest BCUT2D eigenvalue weighted by Crippen LogP contribution is -2.39. The lowest BCUT2D eigenvalue weighted by atomic mass is 10.1. The van der Waals surface area contributed by atoms with Crippen molar-refractivity contribution in [3.05, 3.63) is 35.9 Å². The Morgan fingerprint density at radius 2 is 1.76 bits per heavy atom. The van der Waals surface area contributed by atoms with Crippen molar-refractivity contribution in [3.8, 4) is 0 Å². The van der Waals surface area contributed by atoms with Crippen molar-refractivity contribution in [2.75, 3.05) is 13.1 Å². The number of rotatable bonds is 4. The zero-order valence-electron chi connectivity index (χ0n) is 11.3. The molecule has 0 aliphatic carbocycles. The third-order valence-electron chi connectivity index (χ3n) is 3.36. The van der Waals surface area contributed by atoms with Gasteiger partial charge in [0.25, 0.3) is 0 Å². The molecule has 1 aromatic carbocycles. The average Bonchev–Trinajstić information content (AvgIpc) is 2.46. The van der Waals surface area contributed by atoms with Crippen molar-refractivity contribution in [3.63, 3.8) is 0 Å². The van der Waals surface area contributed by atoms with E-state index < -0.39 is 22.1 Å². The molecule has 1 heterocycles. The van der Waals surface area contributed by atoms with Crippen LogP contribution in [0.3, 0.4) is 0 Å². The van der Waals surface area contributed by atoms with Gasteiger partial charge in [0.15, 0.2) is 0 Å². The topological polar surface area (TPSA) is 94.9 Å². The number of carbonyl (C=O) groups is 1. The zero-order valence-corrected chi connectivity index (χ0v) is 12.2. The smallest absolute Gasteiger partial charge is 0.328 e. The molecule has 0 radical (unpaired) electrons. The minimum absolute atomic E-state index is 0.173. The molecule has 0 aromatic heterocycles. The first-order chi connectivity index (χ1) is 9.89. The highest BCUT2D eigenvalue weighted by atomic mass is 32.2. The Kier molecular flexibility index (Phi) is 4.76. The van der Waals surface area contributed by atoms with Gasteiger partial charge in [0.2, 0.25) is 10.0 Å². The van der Waals surface area contributed by atoms with E-state index >= 15 is 0 Å². The van der Waals surface area contributed by atoms with Crippen LogP contribution in [-0.4, -0.2) is 48.1 Å². The van der Waals surface area contributed by atoms with Crippen LogP contribution in [-0.2, 0) is 14.8 Å². The SMILES string of the molecule is O=C(O)/C=C/c1ccc(S(=O)(=O)N2CCC(O)CC2)cc1. The van der Waals surface area contributed by atoms with Crippen molar-refractivity contribution in [1.82, 2.24) is 4.31 Å².